The van der Waals surface area contributed by atoms with Gasteiger partial charge in [-0.25, -0.2) is 0 Å². The standard InChI is InChI=1S/C24H39NO4/c1-2-3-7-10-21(27)13-14-23-20(18-26)17-19(15-16-25)22(23)11-8-5-4-6-9-12-24(28)29/h4-5,13-14,19-23,26-27H,2-3,6-12,15,17-18H2,1H3,(H,28,29)/b5-4+,14-13+/t19?,20?,21?,22?,23-/m0/s1. The fourth-order valence-corrected chi connectivity index (χ4v) is 4.51. The Morgan fingerprint density at radius 1 is 1.21 bits per heavy atom. The number of unbranched alkanes of at least 4 members (excludes halogenated alkanes) is 3. The van der Waals surface area contributed by atoms with E-state index in [0.29, 0.717) is 18.8 Å². The molecule has 1 fully saturated rings. The lowest BCUT2D eigenvalue weighted by atomic mass is 9.82. The molecule has 164 valence electrons. The summed E-state index contributed by atoms with van der Waals surface area (Å²) in [6.07, 6.45) is 16.6. The van der Waals surface area contributed by atoms with E-state index in [9.17, 15) is 20.3 Å². The fraction of sp³-hybridized carbons (Fsp3) is 0.750. The number of rotatable bonds is 15. The van der Waals surface area contributed by atoms with Crippen LogP contribution in [0, 0.1) is 35.0 Å². The van der Waals surface area contributed by atoms with Crippen LogP contribution in [0.1, 0.15) is 77.6 Å². The van der Waals surface area contributed by atoms with Crippen LogP contribution in [0.2, 0.25) is 0 Å². The monoisotopic (exact) mass is 405 g/mol. The zero-order valence-corrected chi connectivity index (χ0v) is 17.9. The maximum atomic E-state index is 10.5. The zero-order chi connectivity index (χ0) is 21.5. The first-order chi connectivity index (χ1) is 14.0. The van der Waals surface area contributed by atoms with Crippen molar-refractivity contribution in [2.75, 3.05) is 6.61 Å². The van der Waals surface area contributed by atoms with Gasteiger partial charge in [-0.2, -0.15) is 5.26 Å². The van der Waals surface area contributed by atoms with E-state index in [4.69, 9.17) is 5.11 Å². The number of carbonyl (C=O) groups is 1. The highest BCUT2D eigenvalue weighted by molar-refractivity contribution is 5.66. The average Bonchev–Trinajstić information content (AvgIpc) is 3.02. The minimum atomic E-state index is -0.759. The summed E-state index contributed by atoms with van der Waals surface area (Å²) < 4.78 is 0. The molecular weight excluding hydrogens is 366 g/mol. The SMILES string of the molecule is CCCCCC(O)/C=C/[C@H]1C(CO)CC(CC#N)C1CC/C=C/CCCC(=O)O. The van der Waals surface area contributed by atoms with Crippen LogP contribution in [-0.4, -0.2) is 34.0 Å². The van der Waals surface area contributed by atoms with Gasteiger partial charge in [0.15, 0.2) is 0 Å². The number of aliphatic carboxylic acids is 1. The quantitative estimate of drug-likeness (QED) is 0.267. The normalized spacial score (nSPS) is 25.6. The van der Waals surface area contributed by atoms with E-state index in [1.54, 1.807) is 0 Å². The maximum absolute atomic E-state index is 10.5. The molecule has 0 saturated heterocycles. The Labute approximate surface area is 176 Å². The van der Waals surface area contributed by atoms with Gasteiger partial charge in [-0.05, 0) is 62.2 Å². The molecule has 0 aliphatic heterocycles. The van der Waals surface area contributed by atoms with Crippen molar-refractivity contribution in [1.82, 2.24) is 0 Å². The molecule has 0 amide bonds. The number of hydrogen-bond acceptors (Lipinski definition) is 4. The minimum Gasteiger partial charge on any atom is -0.481 e. The summed E-state index contributed by atoms with van der Waals surface area (Å²) in [6.45, 7) is 2.26. The van der Waals surface area contributed by atoms with E-state index in [-0.39, 0.29) is 30.8 Å². The summed E-state index contributed by atoms with van der Waals surface area (Å²) in [6, 6.07) is 2.30. The van der Waals surface area contributed by atoms with Crippen LogP contribution in [0.3, 0.4) is 0 Å². The van der Waals surface area contributed by atoms with Crippen molar-refractivity contribution in [3.05, 3.63) is 24.3 Å². The van der Waals surface area contributed by atoms with Crippen LogP contribution in [-0.2, 0) is 4.79 Å². The smallest absolute Gasteiger partial charge is 0.303 e. The predicted octanol–water partition coefficient (Wildman–Crippen LogP) is 4.85. The lowest BCUT2D eigenvalue weighted by Gasteiger charge is -2.23. The number of nitrogens with zero attached hydrogens (tertiary/aromatic N) is 1. The predicted molar refractivity (Wildman–Crippen MR) is 115 cm³/mol. The van der Waals surface area contributed by atoms with E-state index >= 15 is 0 Å². The van der Waals surface area contributed by atoms with Crippen LogP contribution in [0.25, 0.3) is 0 Å². The molecule has 5 heteroatoms. The summed E-state index contributed by atoms with van der Waals surface area (Å²) >= 11 is 0. The van der Waals surface area contributed by atoms with E-state index in [1.807, 2.05) is 12.2 Å². The molecule has 0 bridgehead atoms. The molecule has 0 aromatic carbocycles. The van der Waals surface area contributed by atoms with E-state index in [2.05, 4.69) is 25.1 Å². The molecule has 0 aromatic rings. The molecule has 0 radical (unpaired) electrons. The summed E-state index contributed by atoms with van der Waals surface area (Å²) in [7, 11) is 0. The number of aliphatic hydroxyl groups excluding tert-OH is 2. The van der Waals surface area contributed by atoms with Crippen LogP contribution in [0.4, 0.5) is 0 Å². The van der Waals surface area contributed by atoms with Gasteiger partial charge in [0.25, 0.3) is 0 Å². The Balaban J connectivity index is 2.64. The summed E-state index contributed by atoms with van der Waals surface area (Å²) in [5.74, 6) is 0.195. The van der Waals surface area contributed by atoms with Crippen LogP contribution >= 0.6 is 0 Å². The zero-order valence-electron chi connectivity index (χ0n) is 17.9. The molecule has 4 unspecified atom stereocenters. The molecular formula is C24H39NO4. The third-order valence-corrected chi connectivity index (χ3v) is 6.09. The number of hydrogen-bond donors (Lipinski definition) is 3. The van der Waals surface area contributed by atoms with Crippen molar-refractivity contribution in [2.45, 2.75) is 83.7 Å². The second kappa shape index (κ2) is 15.2. The highest BCUT2D eigenvalue weighted by Gasteiger charge is 2.40. The molecule has 0 aromatic heterocycles. The van der Waals surface area contributed by atoms with Crippen LogP contribution < -0.4 is 0 Å². The minimum absolute atomic E-state index is 0.115. The third-order valence-electron chi connectivity index (χ3n) is 6.09. The van der Waals surface area contributed by atoms with Gasteiger partial charge in [-0.3, -0.25) is 4.79 Å². The molecule has 3 N–H and O–H groups in total. The third kappa shape index (κ3) is 10.1. The van der Waals surface area contributed by atoms with Gasteiger partial charge < -0.3 is 15.3 Å². The Bertz CT molecular complexity index is 552. The molecule has 1 aliphatic carbocycles. The molecule has 0 spiro atoms. The lowest BCUT2D eigenvalue weighted by molar-refractivity contribution is -0.137. The number of carboxylic acid groups (broad SMARTS) is 1. The van der Waals surface area contributed by atoms with Gasteiger partial charge in [0.2, 0.25) is 0 Å². The summed E-state index contributed by atoms with van der Waals surface area (Å²) in [5, 5.41) is 38.0. The Kier molecular flexibility index (Phi) is 13.3. The second-order valence-corrected chi connectivity index (χ2v) is 8.32. The van der Waals surface area contributed by atoms with Crippen molar-refractivity contribution in [3.8, 4) is 6.07 Å². The largest absolute Gasteiger partial charge is 0.481 e. The van der Waals surface area contributed by atoms with Gasteiger partial charge >= 0.3 is 5.97 Å². The van der Waals surface area contributed by atoms with Crippen molar-refractivity contribution in [2.24, 2.45) is 23.7 Å². The maximum Gasteiger partial charge on any atom is 0.303 e. The van der Waals surface area contributed by atoms with Gasteiger partial charge in [-0.1, -0.05) is 50.5 Å². The average molecular weight is 406 g/mol. The van der Waals surface area contributed by atoms with E-state index in [0.717, 1.165) is 51.4 Å². The van der Waals surface area contributed by atoms with E-state index < -0.39 is 12.1 Å². The Morgan fingerprint density at radius 3 is 2.62 bits per heavy atom. The van der Waals surface area contributed by atoms with Gasteiger partial charge in [0, 0.05) is 19.4 Å². The molecule has 1 aliphatic rings. The lowest BCUT2D eigenvalue weighted by Crippen LogP contribution is -2.18. The topological polar surface area (TPSA) is 102 Å². The van der Waals surface area contributed by atoms with Crippen molar-refractivity contribution in [3.63, 3.8) is 0 Å². The number of carboxylic acids is 1. The van der Waals surface area contributed by atoms with Gasteiger partial charge in [0.05, 0.1) is 12.2 Å². The molecule has 5 nitrogen and oxygen atoms in total. The second-order valence-electron chi connectivity index (χ2n) is 8.32. The van der Waals surface area contributed by atoms with Gasteiger partial charge in [-0.15, -0.1) is 0 Å². The summed E-state index contributed by atoms with van der Waals surface area (Å²) in [5.41, 5.74) is 0. The first-order valence-corrected chi connectivity index (χ1v) is 11.2. The molecule has 29 heavy (non-hydrogen) atoms. The highest BCUT2D eigenvalue weighted by atomic mass is 16.4. The molecule has 1 rings (SSSR count). The first kappa shape index (κ1) is 25.4. The van der Waals surface area contributed by atoms with Crippen molar-refractivity contribution < 1.29 is 20.1 Å². The molecule has 5 atom stereocenters. The number of aliphatic hydroxyl groups is 2. The van der Waals surface area contributed by atoms with Crippen LogP contribution in [0.15, 0.2) is 24.3 Å². The van der Waals surface area contributed by atoms with Crippen molar-refractivity contribution >= 4 is 5.97 Å². The van der Waals surface area contributed by atoms with Crippen molar-refractivity contribution in [1.29, 1.82) is 5.26 Å². The Morgan fingerprint density at radius 2 is 1.97 bits per heavy atom. The highest BCUT2D eigenvalue weighted by Crippen LogP contribution is 2.46. The number of allylic oxidation sites excluding steroid dienone is 3. The fourth-order valence-electron chi connectivity index (χ4n) is 4.51. The first-order valence-electron chi connectivity index (χ1n) is 11.2. The molecule has 1 saturated carbocycles. The van der Waals surface area contributed by atoms with Gasteiger partial charge in [0.1, 0.15) is 0 Å². The molecule has 0 heterocycles. The number of nitriles is 1. The van der Waals surface area contributed by atoms with E-state index in [1.165, 1.54) is 0 Å². The summed E-state index contributed by atoms with van der Waals surface area (Å²) in [4.78, 5) is 10.5. The van der Waals surface area contributed by atoms with Crippen LogP contribution in [0.5, 0.6) is 0 Å². The Hall–Kier alpha value is -1.64.